The highest BCUT2D eigenvalue weighted by molar-refractivity contribution is 7.92. The van der Waals surface area contributed by atoms with Crippen molar-refractivity contribution < 1.29 is 22.8 Å². The minimum atomic E-state index is -4.12. The van der Waals surface area contributed by atoms with Crippen LogP contribution in [-0.2, 0) is 14.8 Å². The van der Waals surface area contributed by atoms with Crippen LogP contribution in [-0.4, -0.2) is 99.6 Å². The molecule has 2 fully saturated rings. The number of amides is 2. The number of sulfonamides is 1. The highest BCUT2D eigenvalue weighted by atomic mass is 35.5. The van der Waals surface area contributed by atoms with Gasteiger partial charge < -0.3 is 15.1 Å². The van der Waals surface area contributed by atoms with E-state index in [9.17, 15) is 22.8 Å². The Kier molecular flexibility index (Phi) is 11.3. The molecule has 0 saturated carbocycles. The fourth-order valence-corrected chi connectivity index (χ4v) is 7.27. The summed E-state index contributed by atoms with van der Waals surface area (Å²) in [6.45, 7) is 7.31. The predicted molar refractivity (Wildman–Crippen MR) is 179 cm³/mol. The molecule has 10 nitrogen and oxygen atoms in total. The van der Waals surface area contributed by atoms with Crippen LogP contribution in [0.1, 0.15) is 45.5 Å². The molecule has 46 heavy (non-hydrogen) atoms. The van der Waals surface area contributed by atoms with Crippen molar-refractivity contribution in [3.63, 3.8) is 0 Å². The molecule has 13 heteroatoms. The number of nitrogens with zero attached hydrogens (tertiary/aromatic N) is 3. The molecule has 2 amide bonds. The maximum atomic E-state index is 13.2. The third kappa shape index (κ3) is 8.65. The fraction of sp³-hybridized carbons (Fsp3) is 0.364. The highest BCUT2D eigenvalue weighted by Gasteiger charge is 2.23. The Bertz CT molecular complexity index is 1670. The number of likely N-dealkylation sites (tertiary alicyclic amines) is 1. The fourth-order valence-electron chi connectivity index (χ4n) is 5.69. The lowest BCUT2D eigenvalue weighted by Gasteiger charge is -2.35. The first-order chi connectivity index (χ1) is 22.1. The topological polar surface area (TPSA) is 119 Å². The van der Waals surface area contributed by atoms with Crippen molar-refractivity contribution in [2.45, 2.75) is 24.2 Å². The van der Waals surface area contributed by atoms with Crippen molar-refractivity contribution in [1.82, 2.24) is 20.0 Å². The van der Waals surface area contributed by atoms with Crippen molar-refractivity contribution in [3.8, 4) is 0 Å². The zero-order chi connectivity index (χ0) is 32.7. The van der Waals surface area contributed by atoms with Crippen LogP contribution in [0.2, 0.25) is 10.0 Å². The van der Waals surface area contributed by atoms with Gasteiger partial charge in [0.05, 0.1) is 22.2 Å². The van der Waals surface area contributed by atoms with E-state index in [1.165, 1.54) is 80.5 Å². The molecule has 0 aliphatic carbocycles. The number of carbonyl (C=O) groups is 3. The summed E-state index contributed by atoms with van der Waals surface area (Å²) in [5.74, 6) is -1.11. The zero-order valence-electron chi connectivity index (χ0n) is 25.4. The maximum absolute atomic E-state index is 13.2. The summed E-state index contributed by atoms with van der Waals surface area (Å²) < 4.78 is 28.9. The van der Waals surface area contributed by atoms with E-state index in [2.05, 4.69) is 19.8 Å². The number of hydrogen-bond acceptors (Lipinski definition) is 7. The Morgan fingerprint density at radius 1 is 0.761 bits per heavy atom. The second kappa shape index (κ2) is 15.4. The van der Waals surface area contributed by atoms with Gasteiger partial charge in [-0.3, -0.25) is 24.0 Å². The molecule has 2 saturated heterocycles. The second-order valence-electron chi connectivity index (χ2n) is 11.4. The quantitative estimate of drug-likeness (QED) is 0.272. The normalized spacial score (nSPS) is 15.9. The molecule has 5 rings (SSSR count). The van der Waals surface area contributed by atoms with E-state index >= 15 is 0 Å². The lowest BCUT2D eigenvalue weighted by atomic mass is 10.0. The van der Waals surface area contributed by atoms with Gasteiger partial charge in [-0.05, 0) is 100 Å². The van der Waals surface area contributed by atoms with E-state index in [1.54, 1.807) is 17.0 Å². The maximum Gasteiger partial charge on any atom is 0.261 e. The van der Waals surface area contributed by atoms with Crippen LogP contribution in [0.15, 0.2) is 71.6 Å². The number of para-hydroxylation sites is 1. The standard InChI is InChI=1S/C33H37Cl2N5O5S/c34-25-10-13-27(29(35)22-25)32(42)28-6-1-2-7-30(28)37-46(44,45)26-11-8-24(9-12-26)33(43)36-23-31(41)40-20-18-39(19-21-40)17-5-16-38-14-3-4-15-38/h1-2,6-13,22,37H,3-5,14-21,23H2,(H,36,43). The van der Waals surface area contributed by atoms with E-state index < -0.39 is 21.7 Å². The second-order valence-corrected chi connectivity index (χ2v) is 14.0. The summed E-state index contributed by atoms with van der Waals surface area (Å²) >= 11 is 12.2. The molecule has 2 aliphatic heterocycles. The molecule has 0 spiro atoms. The first kappa shape index (κ1) is 33.9. The van der Waals surface area contributed by atoms with Crippen molar-refractivity contribution in [1.29, 1.82) is 0 Å². The first-order valence-electron chi connectivity index (χ1n) is 15.3. The summed E-state index contributed by atoms with van der Waals surface area (Å²) in [6.07, 6.45) is 3.73. The van der Waals surface area contributed by atoms with Gasteiger partial charge in [-0.1, -0.05) is 35.3 Å². The Morgan fingerprint density at radius 2 is 1.41 bits per heavy atom. The van der Waals surface area contributed by atoms with Crippen LogP contribution in [0.25, 0.3) is 0 Å². The van der Waals surface area contributed by atoms with Gasteiger partial charge in [-0.15, -0.1) is 0 Å². The first-order valence-corrected chi connectivity index (χ1v) is 17.6. The summed E-state index contributed by atoms with van der Waals surface area (Å²) in [4.78, 5) is 45.3. The highest BCUT2D eigenvalue weighted by Crippen LogP contribution is 2.28. The van der Waals surface area contributed by atoms with Crippen LogP contribution >= 0.6 is 23.2 Å². The molecule has 2 N–H and O–H groups in total. The number of rotatable bonds is 12. The van der Waals surface area contributed by atoms with Gasteiger partial charge in [-0.25, -0.2) is 8.42 Å². The van der Waals surface area contributed by atoms with Crippen LogP contribution in [0.5, 0.6) is 0 Å². The number of piperazine rings is 1. The Hall–Kier alpha value is -3.48. The molecule has 2 aliphatic rings. The molecule has 244 valence electrons. The van der Waals surface area contributed by atoms with Gasteiger partial charge in [0.2, 0.25) is 5.91 Å². The van der Waals surface area contributed by atoms with E-state index in [0.29, 0.717) is 18.1 Å². The third-order valence-electron chi connectivity index (χ3n) is 8.29. The molecular weight excluding hydrogens is 649 g/mol. The molecule has 0 unspecified atom stereocenters. The number of halogens is 2. The number of nitrogens with one attached hydrogen (secondary N) is 2. The number of anilines is 1. The number of ketones is 1. The van der Waals surface area contributed by atoms with Gasteiger partial charge in [0.25, 0.3) is 15.9 Å². The van der Waals surface area contributed by atoms with E-state index in [1.807, 2.05) is 0 Å². The third-order valence-corrected chi connectivity index (χ3v) is 10.2. The summed E-state index contributed by atoms with van der Waals surface area (Å²) in [6, 6.07) is 16.0. The average molecular weight is 687 g/mol. The van der Waals surface area contributed by atoms with E-state index in [-0.39, 0.29) is 44.7 Å². The van der Waals surface area contributed by atoms with Crippen LogP contribution in [0.3, 0.4) is 0 Å². The average Bonchev–Trinajstić information content (AvgIpc) is 3.57. The molecule has 0 atom stereocenters. The van der Waals surface area contributed by atoms with E-state index in [0.717, 1.165) is 32.6 Å². The molecule has 3 aromatic carbocycles. The van der Waals surface area contributed by atoms with E-state index in [4.69, 9.17) is 23.2 Å². The monoisotopic (exact) mass is 685 g/mol. The molecule has 2 heterocycles. The Morgan fingerprint density at radius 3 is 2.09 bits per heavy atom. The van der Waals surface area contributed by atoms with Gasteiger partial charge in [0.1, 0.15) is 0 Å². The van der Waals surface area contributed by atoms with Crippen molar-refractivity contribution in [2.75, 3.05) is 63.6 Å². The van der Waals surface area contributed by atoms with Gasteiger partial charge >= 0.3 is 0 Å². The summed E-state index contributed by atoms with van der Waals surface area (Å²) in [7, 11) is -4.12. The summed E-state index contributed by atoms with van der Waals surface area (Å²) in [5, 5.41) is 3.16. The van der Waals surface area contributed by atoms with Crippen molar-refractivity contribution in [2.24, 2.45) is 0 Å². The molecule has 0 radical (unpaired) electrons. The molecule has 0 aromatic heterocycles. The smallest absolute Gasteiger partial charge is 0.261 e. The lowest BCUT2D eigenvalue weighted by Crippen LogP contribution is -2.51. The number of carbonyl (C=O) groups excluding carboxylic acids is 3. The number of benzene rings is 3. The largest absolute Gasteiger partial charge is 0.343 e. The van der Waals surface area contributed by atoms with Gasteiger partial charge in [-0.2, -0.15) is 0 Å². The SMILES string of the molecule is O=C(NCC(=O)N1CCN(CCCN2CCCC2)CC1)c1ccc(S(=O)(=O)Nc2ccccc2C(=O)c2ccc(Cl)cc2Cl)cc1. The minimum Gasteiger partial charge on any atom is -0.343 e. The Balaban J connectivity index is 1.12. The molecule has 0 bridgehead atoms. The zero-order valence-corrected chi connectivity index (χ0v) is 27.7. The lowest BCUT2D eigenvalue weighted by molar-refractivity contribution is -0.131. The van der Waals surface area contributed by atoms with Gasteiger partial charge in [0, 0.05) is 47.9 Å². The van der Waals surface area contributed by atoms with Crippen molar-refractivity contribution >= 4 is 56.5 Å². The minimum absolute atomic E-state index is 0.0711. The van der Waals surface area contributed by atoms with Crippen molar-refractivity contribution in [3.05, 3.63) is 93.5 Å². The molecular formula is C33H37Cl2N5O5S. The number of hydrogen-bond donors (Lipinski definition) is 2. The predicted octanol–water partition coefficient (Wildman–Crippen LogP) is 4.39. The van der Waals surface area contributed by atoms with Crippen LogP contribution < -0.4 is 10.0 Å². The molecule has 3 aromatic rings. The van der Waals surface area contributed by atoms with Crippen LogP contribution in [0.4, 0.5) is 5.69 Å². The van der Waals surface area contributed by atoms with Crippen LogP contribution in [0, 0.1) is 0 Å². The summed E-state index contributed by atoms with van der Waals surface area (Å²) in [5.41, 5.74) is 0.566. The Labute approximate surface area is 279 Å². The van der Waals surface area contributed by atoms with Gasteiger partial charge in [0.15, 0.2) is 5.78 Å².